The number of hydrogen-bond acceptors (Lipinski definition) is 3. The molecular weight excluding hydrogens is 242 g/mol. The summed E-state index contributed by atoms with van der Waals surface area (Å²) in [5.41, 5.74) is 0. The largest absolute Gasteiger partial charge is 0.345 e. The van der Waals surface area contributed by atoms with Crippen LogP contribution >= 0.6 is 0 Å². The molecule has 5 nitrogen and oxygen atoms in total. The number of hydrogen-bond donors (Lipinski definition) is 2. The molecule has 0 aromatic heterocycles. The third-order valence-electron chi connectivity index (χ3n) is 3.30. The number of carbonyl (C=O) groups excluding carboxylic acids is 2. The molecule has 1 aliphatic rings. The smallest absolute Gasteiger partial charge is 0.244 e. The molecule has 0 aromatic carbocycles. The third kappa shape index (κ3) is 6.05. The summed E-state index contributed by atoms with van der Waals surface area (Å²) in [6, 6.07) is 0.0439. The van der Waals surface area contributed by atoms with Gasteiger partial charge in [0.1, 0.15) is 6.04 Å². The second kappa shape index (κ2) is 8.15. The molecule has 2 N–H and O–H groups in total. The fourth-order valence-corrected chi connectivity index (χ4v) is 2.23. The first-order valence-corrected chi connectivity index (χ1v) is 7.32. The predicted molar refractivity (Wildman–Crippen MR) is 75.8 cm³/mol. The van der Waals surface area contributed by atoms with Crippen molar-refractivity contribution in [3.8, 4) is 0 Å². The van der Waals surface area contributed by atoms with Crippen LogP contribution in [0.25, 0.3) is 0 Å². The summed E-state index contributed by atoms with van der Waals surface area (Å²) in [5.74, 6) is 0.0109. The Kier molecular flexibility index (Phi) is 6.84. The van der Waals surface area contributed by atoms with Gasteiger partial charge in [-0.25, -0.2) is 0 Å². The summed E-state index contributed by atoms with van der Waals surface area (Å²) in [4.78, 5) is 25.5. The van der Waals surface area contributed by atoms with Crippen LogP contribution in [0, 0.1) is 0 Å². The minimum absolute atomic E-state index is 0.0365. The maximum atomic E-state index is 12.0. The van der Waals surface area contributed by atoms with Crippen LogP contribution in [0.1, 0.15) is 46.5 Å². The van der Waals surface area contributed by atoms with Crippen molar-refractivity contribution >= 4 is 11.8 Å². The molecule has 0 aromatic rings. The Bertz CT molecular complexity index is 299. The first-order chi connectivity index (χ1) is 9.00. The van der Waals surface area contributed by atoms with Gasteiger partial charge in [0.25, 0.3) is 0 Å². The van der Waals surface area contributed by atoms with Crippen molar-refractivity contribution in [2.45, 2.75) is 58.5 Å². The zero-order valence-corrected chi connectivity index (χ0v) is 12.4. The molecule has 1 fully saturated rings. The minimum atomic E-state index is -0.399. The first kappa shape index (κ1) is 16.0. The molecule has 1 atom stereocenters. The van der Waals surface area contributed by atoms with Gasteiger partial charge >= 0.3 is 0 Å². The van der Waals surface area contributed by atoms with Gasteiger partial charge in [-0.2, -0.15) is 0 Å². The van der Waals surface area contributed by atoms with E-state index in [9.17, 15) is 9.59 Å². The second-order valence-electron chi connectivity index (χ2n) is 5.53. The summed E-state index contributed by atoms with van der Waals surface area (Å²) < 4.78 is 0. The SMILES string of the molecule is CC(C)NCCCC(=O)NC(C)C(=O)N1CCCC1. The Hall–Kier alpha value is -1.10. The normalized spacial score (nSPS) is 16.7. The first-order valence-electron chi connectivity index (χ1n) is 7.32. The maximum absolute atomic E-state index is 12.0. The van der Waals surface area contributed by atoms with E-state index in [1.165, 1.54) is 0 Å². The molecule has 110 valence electrons. The van der Waals surface area contributed by atoms with E-state index < -0.39 is 6.04 Å². The van der Waals surface area contributed by atoms with Crippen LogP contribution in [0.3, 0.4) is 0 Å². The van der Waals surface area contributed by atoms with Crippen molar-refractivity contribution in [3.63, 3.8) is 0 Å². The average molecular weight is 269 g/mol. The topological polar surface area (TPSA) is 61.4 Å². The van der Waals surface area contributed by atoms with Crippen LogP contribution in [-0.4, -0.2) is 48.4 Å². The van der Waals surface area contributed by atoms with E-state index in [2.05, 4.69) is 24.5 Å². The van der Waals surface area contributed by atoms with Crippen LogP contribution in [0.5, 0.6) is 0 Å². The standard InChI is InChI=1S/C14H27N3O2/c1-11(2)15-8-6-7-13(18)16-12(3)14(19)17-9-4-5-10-17/h11-12,15H,4-10H2,1-3H3,(H,16,18). The summed E-state index contributed by atoms with van der Waals surface area (Å²) >= 11 is 0. The average Bonchev–Trinajstić information content (AvgIpc) is 2.87. The van der Waals surface area contributed by atoms with Gasteiger partial charge in [0.05, 0.1) is 0 Å². The second-order valence-corrected chi connectivity index (χ2v) is 5.53. The van der Waals surface area contributed by atoms with E-state index in [1.807, 2.05) is 4.90 Å². The fraction of sp³-hybridized carbons (Fsp3) is 0.857. The lowest BCUT2D eigenvalue weighted by Crippen LogP contribution is -2.46. The number of nitrogens with zero attached hydrogens (tertiary/aromatic N) is 1. The molecule has 1 aliphatic heterocycles. The quantitative estimate of drug-likeness (QED) is 0.675. The molecule has 0 aliphatic carbocycles. The van der Waals surface area contributed by atoms with Crippen LogP contribution < -0.4 is 10.6 Å². The van der Waals surface area contributed by atoms with Crippen molar-refractivity contribution in [2.75, 3.05) is 19.6 Å². The minimum Gasteiger partial charge on any atom is -0.345 e. The van der Waals surface area contributed by atoms with Gasteiger partial charge in [-0.15, -0.1) is 0 Å². The van der Waals surface area contributed by atoms with Gasteiger partial charge < -0.3 is 15.5 Å². The van der Waals surface area contributed by atoms with E-state index in [4.69, 9.17) is 0 Å². The lowest BCUT2D eigenvalue weighted by atomic mass is 10.2. The van der Waals surface area contributed by atoms with Crippen LogP contribution in [-0.2, 0) is 9.59 Å². The number of amides is 2. The van der Waals surface area contributed by atoms with Gasteiger partial charge in [0.2, 0.25) is 11.8 Å². The number of rotatable bonds is 7. The maximum Gasteiger partial charge on any atom is 0.244 e. The van der Waals surface area contributed by atoms with Gasteiger partial charge in [0.15, 0.2) is 0 Å². The highest BCUT2D eigenvalue weighted by atomic mass is 16.2. The molecule has 19 heavy (non-hydrogen) atoms. The Balaban J connectivity index is 2.18. The lowest BCUT2D eigenvalue weighted by molar-refractivity contribution is -0.135. The third-order valence-corrected chi connectivity index (χ3v) is 3.30. The van der Waals surface area contributed by atoms with Crippen LogP contribution in [0.4, 0.5) is 0 Å². The summed E-state index contributed by atoms with van der Waals surface area (Å²) in [7, 11) is 0. The molecule has 1 rings (SSSR count). The Morgan fingerprint density at radius 2 is 1.79 bits per heavy atom. The molecule has 2 amide bonds. The van der Waals surface area contributed by atoms with Gasteiger partial charge in [0, 0.05) is 25.6 Å². The molecule has 0 spiro atoms. The predicted octanol–water partition coefficient (Wildman–Crippen LogP) is 0.892. The Morgan fingerprint density at radius 1 is 1.16 bits per heavy atom. The van der Waals surface area contributed by atoms with Gasteiger partial charge in [-0.05, 0) is 32.7 Å². The molecule has 1 heterocycles. The number of likely N-dealkylation sites (tertiary alicyclic amines) is 1. The van der Waals surface area contributed by atoms with Crippen LogP contribution in [0.15, 0.2) is 0 Å². The molecule has 0 saturated carbocycles. The van der Waals surface area contributed by atoms with Gasteiger partial charge in [-0.1, -0.05) is 13.8 Å². The van der Waals surface area contributed by atoms with E-state index in [0.717, 1.165) is 38.9 Å². The van der Waals surface area contributed by atoms with Crippen molar-refractivity contribution in [1.82, 2.24) is 15.5 Å². The zero-order chi connectivity index (χ0) is 14.3. The molecule has 5 heteroatoms. The summed E-state index contributed by atoms with van der Waals surface area (Å²) in [6.07, 6.45) is 3.42. The van der Waals surface area contributed by atoms with Crippen molar-refractivity contribution in [3.05, 3.63) is 0 Å². The van der Waals surface area contributed by atoms with Crippen molar-refractivity contribution in [1.29, 1.82) is 0 Å². The van der Waals surface area contributed by atoms with Crippen molar-refractivity contribution in [2.24, 2.45) is 0 Å². The van der Waals surface area contributed by atoms with Gasteiger partial charge in [-0.3, -0.25) is 9.59 Å². The molecule has 1 unspecified atom stereocenters. The Morgan fingerprint density at radius 3 is 2.37 bits per heavy atom. The van der Waals surface area contributed by atoms with E-state index >= 15 is 0 Å². The van der Waals surface area contributed by atoms with E-state index in [1.54, 1.807) is 6.92 Å². The van der Waals surface area contributed by atoms with E-state index in [0.29, 0.717) is 12.5 Å². The van der Waals surface area contributed by atoms with E-state index in [-0.39, 0.29) is 11.8 Å². The number of carbonyl (C=O) groups is 2. The molecule has 0 radical (unpaired) electrons. The van der Waals surface area contributed by atoms with Crippen LogP contribution in [0.2, 0.25) is 0 Å². The fourth-order valence-electron chi connectivity index (χ4n) is 2.23. The van der Waals surface area contributed by atoms with Crippen molar-refractivity contribution < 1.29 is 9.59 Å². The molecule has 0 bridgehead atoms. The molecule has 1 saturated heterocycles. The lowest BCUT2D eigenvalue weighted by Gasteiger charge is -2.21. The monoisotopic (exact) mass is 269 g/mol. The zero-order valence-electron chi connectivity index (χ0n) is 12.4. The summed E-state index contributed by atoms with van der Waals surface area (Å²) in [5, 5.41) is 6.05. The summed E-state index contributed by atoms with van der Waals surface area (Å²) in [6.45, 7) is 8.42. The molecular formula is C14H27N3O2. The number of nitrogens with one attached hydrogen (secondary N) is 2. The highest BCUT2D eigenvalue weighted by molar-refractivity contribution is 5.87. The highest BCUT2D eigenvalue weighted by Crippen LogP contribution is 2.09. The Labute approximate surface area is 116 Å². The highest BCUT2D eigenvalue weighted by Gasteiger charge is 2.23.